The Labute approximate surface area is 215 Å². The van der Waals surface area contributed by atoms with Crippen molar-refractivity contribution in [2.75, 3.05) is 32.0 Å². The van der Waals surface area contributed by atoms with Crippen molar-refractivity contribution in [1.29, 1.82) is 0 Å². The Balaban J connectivity index is 1.56. The van der Waals surface area contributed by atoms with Crippen LogP contribution in [-0.2, 0) is 29.5 Å². The summed E-state index contributed by atoms with van der Waals surface area (Å²) in [5.74, 6) is 0.683. The summed E-state index contributed by atoms with van der Waals surface area (Å²) < 4.78 is 40.3. The summed E-state index contributed by atoms with van der Waals surface area (Å²) >= 11 is 12.4. The summed E-state index contributed by atoms with van der Waals surface area (Å²) in [6, 6.07) is 11.6. The number of nitrogens with zero attached hydrogens (tertiary/aromatic N) is 3. The van der Waals surface area contributed by atoms with Crippen molar-refractivity contribution in [2.45, 2.75) is 30.8 Å². The third-order valence-electron chi connectivity index (χ3n) is 5.37. The highest BCUT2D eigenvalue weighted by Crippen LogP contribution is 2.31. The van der Waals surface area contributed by atoms with Gasteiger partial charge >= 0.3 is 0 Å². The van der Waals surface area contributed by atoms with Crippen LogP contribution >= 0.6 is 23.2 Å². The largest absolute Gasteiger partial charge is 0.491 e. The summed E-state index contributed by atoms with van der Waals surface area (Å²) in [7, 11) is -0.0770. The first kappa shape index (κ1) is 25.5. The van der Waals surface area contributed by atoms with Crippen molar-refractivity contribution in [2.24, 2.45) is 0 Å². The van der Waals surface area contributed by atoms with Gasteiger partial charge in [-0.15, -0.1) is 0 Å². The molecule has 0 aliphatic heterocycles. The van der Waals surface area contributed by atoms with Crippen molar-refractivity contribution in [3.05, 3.63) is 69.5 Å². The number of likely N-dealkylation sites (N-methyl/N-ethyl adjacent to an activating group) is 1. The van der Waals surface area contributed by atoms with Crippen LogP contribution in [0, 0.1) is 0 Å². The average Bonchev–Trinajstić information content (AvgIpc) is 3.26. The average molecular weight is 537 g/mol. The molecule has 35 heavy (non-hydrogen) atoms. The molecule has 1 aliphatic carbocycles. The first-order chi connectivity index (χ1) is 16.7. The van der Waals surface area contributed by atoms with Crippen LogP contribution in [0.15, 0.2) is 47.4 Å². The fourth-order valence-corrected chi connectivity index (χ4v) is 5.25. The lowest BCUT2D eigenvalue weighted by molar-refractivity contribution is 0.259. The van der Waals surface area contributed by atoms with E-state index in [1.165, 1.54) is 12.1 Å². The highest BCUT2D eigenvalue weighted by atomic mass is 35.5. The quantitative estimate of drug-likeness (QED) is 0.404. The van der Waals surface area contributed by atoms with Gasteiger partial charge in [0, 0.05) is 6.54 Å². The van der Waals surface area contributed by atoms with Gasteiger partial charge in [-0.3, -0.25) is 4.72 Å². The molecule has 0 spiro atoms. The molecule has 2 aromatic carbocycles. The molecule has 1 aliphatic rings. The number of halogens is 2. The van der Waals surface area contributed by atoms with Crippen LogP contribution in [0.3, 0.4) is 0 Å². The summed E-state index contributed by atoms with van der Waals surface area (Å²) in [6.45, 7) is 1.35. The van der Waals surface area contributed by atoms with Crippen LogP contribution < -0.4 is 14.2 Å². The number of aromatic nitrogens is 2. The van der Waals surface area contributed by atoms with E-state index in [9.17, 15) is 8.42 Å². The fraction of sp³-hybridized carbons (Fsp3) is 0.333. The second-order valence-electron chi connectivity index (χ2n) is 8.37. The summed E-state index contributed by atoms with van der Waals surface area (Å²) in [5.41, 5.74) is 2.36. The van der Waals surface area contributed by atoms with Crippen LogP contribution in [0.1, 0.15) is 23.4 Å². The molecule has 0 saturated carbocycles. The maximum Gasteiger partial charge on any atom is 0.264 e. The van der Waals surface area contributed by atoms with Crippen molar-refractivity contribution >= 4 is 39.0 Å². The summed E-state index contributed by atoms with van der Waals surface area (Å²) in [6.07, 6.45) is 2.40. The maximum absolute atomic E-state index is 13.0. The van der Waals surface area contributed by atoms with Gasteiger partial charge in [0.1, 0.15) is 23.9 Å². The molecule has 11 heteroatoms. The second-order valence-corrected chi connectivity index (χ2v) is 10.8. The van der Waals surface area contributed by atoms with E-state index in [1.807, 2.05) is 25.1 Å². The monoisotopic (exact) mass is 536 g/mol. The highest BCUT2D eigenvalue weighted by Gasteiger charge is 2.25. The molecule has 0 fully saturated rings. The van der Waals surface area contributed by atoms with E-state index in [0.717, 1.165) is 42.8 Å². The number of anilines is 1. The molecule has 4 rings (SSSR count). The van der Waals surface area contributed by atoms with E-state index < -0.39 is 10.0 Å². The summed E-state index contributed by atoms with van der Waals surface area (Å²) in [4.78, 5) is 11.1. The minimum atomic E-state index is -4.00. The van der Waals surface area contributed by atoms with Crippen LogP contribution in [0.2, 0.25) is 10.0 Å². The van der Waals surface area contributed by atoms with E-state index >= 15 is 0 Å². The van der Waals surface area contributed by atoms with Gasteiger partial charge in [-0.2, -0.15) is 0 Å². The lowest BCUT2D eigenvalue weighted by Gasteiger charge is -2.15. The Kier molecular flexibility index (Phi) is 8.01. The van der Waals surface area contributed by atoms with Crippen molar-refractivity contribution in [1.82, 2.24) is 14.9 Å². The SMILES string of the molecule is CN(C)CCOc1cc(COc2nc3c(nc2NS(=O)(=O)c2ccccc2Cl)CCC3)ccc1Cl. The number of aryl methyl sites for hydroxylation is 2. The molecule has 0 saturated heterocycles. The Morgan fingerprint density at radius 1 is 1.00 bits per heavy atom. The number of fused-ring (bicyclic) bond motifs is 1. The Morgan fingerprint density at radius 3 is 2.49 bits per heavy atom. The summed E-state index contributed by atoms with van der Waals surface area (Å²) in [5, 5.41) is 0.609. The molecule has 1 N–H and O–H groups in total. The Bertz CT molecular complexity index is 1320. The number of sulfonamides is 1. The molecule has 8 nitrogen and oxygen atoms in total. The van der Waals surface area contributed by atoms with Crippen LogP contribution in [0.25, 0.3) is 0 Å². The molecule has 1 heterocycles. The molecular formula is C24H26Cl2N4O4S. The normalized spacial score (nSPS) is 13.1. The molecule has 0 radical (unpaired) electrons. The number of ether oxygens (including phenoxy) is 2. The number of hydrogen-bond acceptors (Lipinski definition) is 7. The fourth-order valence-electron chi connectivity index (χ4n) is 3.56. The van der Waals surface area contributed by atoms with Crippen LogP contribution in [0.4, 0.5) is 5.82 Å². The zero-order valence-electron chi connectivity index (χ0n) is 19.4. The van der Waals surface area contributed by atoms with E-state index in [-0.39, 0.29) is 28.2 Å². The van der Waals surface area contributed by atoms with Gasteiger partial charge in [-0.1, -0.05) is 41.4 Å². The van der Waals surface area contributed by atoms with Crippen molar-refractivity contribution in [3.63, 3.8) is 0 Å². The predicted octanol–water partition coefficient (Wildman–Crippen LogP) is 4.59. The van der Waals surface area contributed by atoms with Gasteiger partial charge in [-0.25, -0.2) is 18.4 Å². The molecular weight excluding hydrogens is 511 g/mol. The number of rotatable bonds is 10. The number of nitrogens with one attached hydrogen (secondary N) is 1. The van der Waals surface area contributed by atoms with Gasteiger partial charge in [-0.05, 0) is 63.2 Å². The van der Waals surface area contributed by atoms with Gasteiger partial charge < -0.3 is 14.4 Å². The third kappa shape index (κ3) is 6.35. The number of benzene rings is 2. The maximum atomic E-state index is 13.0. The van der Waals surface area contributed by atoms with Gasteiger partial charge in [0.15, 0.2) is 0 Å². The lowest BCUT2D eigenvalue weighted by Crippen LogP contribution is -2.19. The molecule has 1 aromatic heterocycles. The van der Waals surface area contributed by atoms with E-state index in [4.69, 9.17) is 32.7 Å². The van der Waals surface area contributed by atoms with Gasteiger partial charge in [0.25, 0.3) is 15.9 Å². The van der Waals surface area contributed by atoms with E-state index in [0.29, 0.717) is 17.4 Å². The zero-order valence-corrected chi connectivity index (χ0v) is 21.8. The smallest absolute Gasteiger partial charge is 0.264 e. The molecule has 0 unspecified atom stereocenters. The molecule has 0 atom stereocenters. The molecule has 186 valence electrons. The third-order valence-corrected chi connectivity index (χ3v) is 7.52. The van der Waals surface area contributed by atoms with Crippen molar-refractivity contribution < 1.29 is 17.9 Å². The number of hydrogen-bond donors (Lipinski definition) is 1. The van der Waals surface area contributed by atoms with Crippen molar-refractivity contribution in [3.8, 4) is 11.6 Å². The lowest BCUT2D eigenvalue weighted by atomic mass is 10.2. The standard InChI is InChI=1S/C24H26Cl2N4O4S/c1-30(2)12-13-33-21-14-16(10-11-17(21)25)15-34-24-23(27-19-7-5-8-20(19)28-24)29-35(31,32)22-9-4-3-6-18(22)26/h3-4,6,9-11,14H,5,7-8,12-13,15H2,1-2H3,(H,27,29). The predicted molar refractivity (Wildman–Crippen MR) is 136 cm³/mol. The second kappa shape index (κ2) is 11.0. The zero-order chi connectivity index (χ0) is 25.0. The first-order valence-corrected chi connectivity index (χ1v) is 13.3. The Morgan fingerprint density at radius 2 is 1.74 bits per heavy atom. The van der Waals surface area contributed by atoms with Crippen LogP contribution in [0.5, 0.6) is 11.6 Å². The van der Waals surface area contributed by atoms with E-state index in [2.05, 4.69) is 14.7 Å². The Hall–Kier alpha value is -2.59. The van der Waals surface area contributed by atoms with Crippen LogP contribution in [-0.4, -0.2) is 50.5 Å². The molecule has 3 aromatic rings. The molecule has 0 amide bonds. The van der Waals surface area contributed by atoms with Gasteiger partial charge in [0.2, 0.25) is 5.82 Å². The topological polar surface area (TPSA) is 93.7 Å². The van der Waals surface area contributed by atoms with E-state index in [1.54, 1.807) is 24.3 Å². The van der Waals surface area contributed by atoms with Gasteiger partial charge in [0.05, 0.1) is 21.4 Å². The first-order valence-electron chi connectivity index (χ1n) is 11.1. The highest BCUT2D eigenvalue weighted by molar-refractivity contribution is 7.92. The minimum absolute atomic E-state index is 0.0296. The molecule has 0 bridgehead atoms. The minimum Gasteiger partial charge on any atom is -0.491 e.